The number of nitro groups is 1. The average molecular weight is 473 g/mol. The summed E-state index contributed by atoms with van der Waals surface area (Å²) in [6.07, 6.45) is -1.24. The summed E-state index contributed by atoms with van der Waals surface area (Å²) in [6.45, 7) is 3.34. The van der Waals surface area contributed by atoms with Gasteiger partial charge in [-0.3, -0.25) is 14.9 Å². The number of benzene rings is 2. The molecule has 2 aromatic carbocycles. The summed E-state index contributed by atoms with van der Waals surface area (Å²) in [4.78, 5) is 36.0. The fraction of sp³-hybridized carbons (Fsp3) is 0.143. The summed E-state index contributed by atoms with van der Waals surface area (Å²) < 4.78 is 11.2. The van der Waals surface area contributed by atoms with Crippen LogP contribution in [0.4, 0.5) is 11.4 Å². The summed E-state index contributed by atoms with van der Waals surface area (Å²) in [5.41, 5.74) is 0.881. The molecular weight excluding hydrogens is 456 g/mol. The van der Waals surface area contributed by atoms with Gasteiger partial charge in [0, 0.05) is 22.2 Å². The number of halogens is 1. The number of anilines is 1. The Labute approximate surface area is 180 Å². The molecule has 1 aromatic heterocycles. The normalized spacial score (nSPS) is 11.6. The smallest absolute Gasteiger partial charge is 0.342 e. The van der Waals surface area contributed by atoms with E-state index >= 15 is 0 Å². The quantitative estimate of drug-likeness (QED) is 0.303. The molecule has 0 aliphatic heterocycles. The first-order valence-electron chi connectivity index (χ1n) is 8.84. The number of nitrogens with zero attached hydrogens (tertiary/aromatic N) is 1. The Morgan fingerprint density at radius 3 is 2.40 bits per heavy atom. The summed E-state index contributed by atoms with van der Waals surface area (Å²) in [7, 11) is 0. The summed E-state index contributed by atoms with van der Waals surface area (Å²) in [5.74, 6) is -0.365. The van der Waals surface area contributed by atoms with Gasteiger partial charge in [-0.2, -0.15) is 0 Å². The van der Waals surface area contributed by atoms with Crippen LogP contribution in [0.1, 0.15) is 33.5 Å². The lowest BCUT2D eigenvalue weighted by atomic mass is 10.1. The lowest BCUT2D eigenvalue weighted by molar-refractivity contribution is -0.384. The van der Waals surface area contributed by atoms with E-state index in [1.807, 2.05) is 0 Å². The fourth-order valence-corrected chi connectivity index (χ4v) is 3.29. The van der Waals surface area contributed by atoms with Crippen LogP contribution >= 0.6 is 15.9 Å². The standard InChI is InChI=1S/C21H17BrN2O6/c1-12-10-16(13(2)29-12)21(26)30-19(14-6-4-3-5-7-14)20(25)23-18-9-8-15(24(27)28)11-17(18)22/h3-11,19H,1-2H3,(H,23,25)/t19-/m0/s1. The maximum Gasteiger partial charge on any atom is 0.342 e. The molecule has 0 radical (unpaired) electrons. The van der Waals surface area contributed by atoms with E-state index in [4.69, 9.17) is 9.15 Å². The highest BCUT2D eigenvalue weighted by Crippen LogP contribution is 2.29. The Morgan fingerprint density at radius 1 is 1.13 bits per heavy atom. The number of amides is 1. The van der Waals surface area contributed by atoms with Gasteiger partial charge in [-0.25, -0.2) is 4.79 Å². The van der Waals surface area contributed by atoms with Crippen molar-refractivity contribution in [3.63, 3.8) is 0 Å². The van der Waals surface area contributed by atoms with Crippen LogP contribution in [-0.4, -0.2) is 16.8 Å². The Balaban J connectivity index is 1.87. The monoisotopic (exact) mass is 472 g/mol. The SMILES string of the molecule is Cc1cc(C(=O)O[C@H](C(=O)Nc2ccc([N+](=O)[O-])cc2Br)c2ccccc2)c(C)o1. The second kappa shape index (κ2) is 8.91. The third-order valence-corrected chi connectivity index (χ3v) is 4.90. The molecule has 8 nitrogen and oxygen atoms in total. The Morgan fingerprint density at radius 2 is 1.83 bits per heavy atom. The predicted molar refractivity (Wildman–Crippen MR) is 112 cm³/mol. The zero-order valence-electron chi connectivity index (χ0n) is 16.0. The van der Waals surface area contributed by atoms with Gasteiger partial charge in [0.25, 0.3) is 11.6 Å². The number of nitrogens with one attached hydrogen (secondary N) is 1. The number of hydrogen-bond donors (Lipinski definition) is 1. The van der Waals surface area contributed by atoms with Gasteiger partial charge in [0.15, 0.2) is 0 Å². The van der Waals surface area contributed by atoms with Crippen LogP contribution in [0, 0.1) is 24.0 Å². The van der Waals surface area contributed by atoms with Crippen LogP contribution < -0.4 is 5.32 Å². The van der Waals surface area contributed by atoms with Crippen LogP contribution in [0.5, 0.6) is 0 Å². The summed E-state index contributed by atoms with van der Waals surface area (Å²) in [6, 6.07) is 14.0. The minimum Gasteiger partial charge on any atom is -0.466 e. The van der Waals surface area contributed by atoms with Gasteiger partial charge < -0.3 is 14.5 Å². The number of hydrogen-bond acceptors (Lipinski definition) is 6. The molecule has 0 spiro atoms. The maximum absolute atomic E-state index is 13.0. The van der Waals surface area contributed by atoms with Crippen LogP contribution in [0.25, 0.3) is 0 Å². The number of carbonyl (C=O) groups is 2. The zero-order valence-corrected chi connectivity index (χ0v) is 17.6. The fourth-order valence-electron chi connectivity index (χ4n) is 2.82. The molecule has 0 bridgehead atoms. The highest BCUT2D eigenvalue weighted by Gasteiger charge is 2.28. The van der Waals surface area contributed by atoms with E-state index in [0.29, 0.717) is 27.2 Å². The number of ether oxygens (including phenoxy) is 1. The second-order valence-electron chi connectivity index (χ2n) is 6.43. The maximum atomic E-state index is 13.0. The molecule has 0 saturated heterocycles. The van der Waals surface area contributed by atoms with Crippen molar-refractivity contribution in [2.24, 2.45) is 0 Å². The molecule has 1 N–H and O–H groups in total. The minimum absolute atomic E-state index is 0.128. The summed E-state index contributed by atoms with van der Waals surface area (Å²) >= 11 is 3.21. The van der Waals surface area contributed by atoms with Crippen molar-refractivity contribution in [1.29, 1.82) is 0 Å². The Kier molecular flexibility index (Phi) is 6.31. The third-order valence-electron chi connectivity index (χ3n) is 4.25. The average Bonchev–Trinajstić information content (AvgIpc) is 3.06. The number of non-ortho nitro benzene ring substituents is 1. The molecule has 0 unspecified atom stereocenters. The van der Waals surface area contributed by atoms with E-state index in [0.717, 1.165) is 0 Å². The van der Waals surface area contributed by atoms with Crippen molar-refractivity contribution in [3.05, 3.63) is 91.8 Å². The van der Waals surface area contributed by atoms with Gasteiger partial charge >= 0.3 is 5.97 Å². The molecule has 0 aliphatic carbocycles. The first-order valence-corrected chi connectivity index (χ1v) is 9.63. The van der Waals surface area contributed by atoms with Crippen molar-refractivity contribution in [2.45, 2.75) is 20.0 Å². The van der Waals surface area contributed by atoms with Gasteiger partial charge in [0.1, 0.15) is 17.1 Å². The zero-order chi connectivity index (χ0) is 21.8. The second-order valence-corrected chi connectivity index (χ2v) is 7.29. The molecule has 0 saturated carbocycles. The van der Waals surface area contributed by atoms with E-state index < -0.39 is 22.9 Å². The van der Waals surface area contributed by atoms with Gasteiger partial charge in [0.05, 0.1) is 10.6 Å². The van der Waals surface area contributed by atoms with Crippen LogP contribution in [0.15, 0.2) is 63.5 Å². The highest BCUT2D eigenvalue weighted by molar-refractivity contribution is 9.10. The largest absolute Gasteiger partial charge is 0.466 e. The van der Waals surface area contributed by atoms with Crippen LogP contribution in [0.2, 0.25) is 0 Å². The van der Waals surface area contributed by atoms with Crippen molar-refractivity contribution in [2.75, 3.05) is 5.32 Å². The van der Waals surface area contributed by atoms with Gasteiger partial charge in [-0.1, -0.05) is 30.3 Å². The van der Waals surface area contributed by atoms with E-state index in [2.05, 4.69) is 21.2 Å². The van der Waals surface area contributed by atoms with Gasteiger partial charge in [-0.15, -0.1) is 0 Å². The van der Waals surface area contributed by atoms with Crippen molar-refractivity contribution < 1.29 is 23.7 Å². The molecule has 9 heteroatoms. The molecule has 0 fully saturated rings. The predicted octanol–water partition coefficient (Wildman–Crippen LogP) is 5.10. The van der Waals surface area contributed by atoms with Crippen molar-refractivity contribution in [3.8, 4) is 0 Å². The number of nitro benzene ring substituents is 1. The molecule has 0 aliphatic rings. The van der Waals surface area contributed by atoms with E-state index in [9.17, 15) is 19.7 Å². The molecule has 154 valence electrons. The highest BCUT2D eigenvalue weighted by atomic mass is 79.9. The first-order chi connectivity index (χ1) is 14.3. The Bertz CT molecular complexity index is 1110. The number of aryl methyl sites for hydroxylation is 2. The van der Waals surface area contributed by atoms with E-state index in [-0.39, 0.29) is 11.3 Å². The van der Waals surface area contributed by atoms with Crippen LogP contribution in [0.3, 0.4) is 0 Å². The molecule has 3 aromatic rings. The third kappa shape index (κ3) is 4.74. The molecule has 30 heavy (non-hydrogen) atoms. The molecule has 1 heterocycles. The number of rotatable bonds is 6. The summed E-state index contributed by atoms with van der Waals surface area (Å²) in [5, 5.41) is 13.5. The first kappa shape index (κ1) is 21.3. The molecule has 3 rings (SSSR count). The van der Waals surface area contributed by atoms with Crippen LogP contribution in [-0.2, 0) is 9.53 Å². The molecule has 1 amide bonds. The van der Waals surface area contributed by atoms with Crippen molar-refractivity contribution >= 4 is 39.2 Å². The van der Waals surface area contributed by atoms with Gasteiger partial charge in [0.2, 0.25) is 6.10 Å². The lowest BCUT2D eigenvalue weighted by Crippen LogP contribution is -2.26. The number of furan rings is 1. The van der Waals surface area contributed by atoms with E-state index in [1.165, 1.54) is 18.2 Å². The molecule has 1 atom stereocenters. The van der Waals surface area contributed by atoms with Gasteiger partial charge in [-0.05, 0) is 41.9 Å². The topological polar surface area (TPSA) is 112 Å². The Hall–Kier alpha value is -3.46. The molecular formula is C21H17BrN2O6. The number of esters is 1. The van der Waals surface area contributed by atoms with E-state index in [1.54, 1.807) is 50.2 Å². The lowest BCUT2D eigenvalue weighted by Gasteiger charge is -2.18. The van der Waals surface area contributed by atoms with Crippen molar-refractivity contribution in [1.82, 2.24) is 0 Å². The number of carbonyl (C=O) groups excluding carboxylic acids is 2. The minimum atomic E-state index is -1.24.